The van der Waals surface area contributed by atoms with Crippen LogP contribution in [-0.4, -0.2) is 236 Å². The molecule has 3 aliphatic heterocycles. The van der Waals surface area contributed by atoms with Crippen LogP contribution in [0.4, 0.5) is 10.5 Å². The lowest BCUT2D eigenvalue weighted by atomic mass is 9.73. The maximum atomic E-state index is 15.0. The van der Waals surface area contributed by atoms with Crippen molar-refractivity contribution in [3.63, 3.8) is 0 Å². The fourth-order valence-electron chi connectivity index (χ4n) is 9.32. The van der Waals surface area contributed by atoms with Gasteiger partial charge in [-0.05, 0) is 51.8 Å². The van der Waals surface area contributed by atoms with Gasteiger partial charge in [-0.2, -0.15) is 0 Å². The number of carbonyl (C=O) groups excluding carboxylic acids is 6. The lowest BCUT2D eigenvalue weighted by Gasteiger charge is -2.44. The van der Waals surface area contributed by atoms with Gasteiger partial charge in [0.15, 0.2) is 11.3 Å². The number of methoxy groups -OCH3 is 2. The standard InChI is InChI=1S/C55H85ClN6O20/c1-34-13-12-14-43(73-11)55(71)32-42(80-52(70)59-55)35(2)48-53(6,81-48)54(82-51(69)37(4)60(7)38(5)63,33-45(65)62(9)40-30-39(29-34)31-41(72-10)46(40)56)47(57)49(66)58-16-18-75-20-22-77-24-26-79-28-27-78-25-23-76-21-19-74-17-15-44(64)61(8)36(3)50(67)68/h12-14,30-31,35-37,42-43,47-48,71H,15-29,32-33,57H2,1-11H3,(H,58,66)(H,59,70)(H,67,68)/b14-12+,34-13+/t35-,36?,37+,42+,43?,47?,48+,53-,54-,55+/m1/s1. The lowest BCUT2D eigenvalue weighted by Crippen LogP contribution is -2.68. The predicted octanol–water partition coefficient (Wildman–Crippen LogP) is 1.77. The van der Waals surface area contributed by atoms with Gasteiger partial charge in [0.2, 0.25) is 23.6 Å². The molecule has 5 amide bonds. The highest BCUT2D eigenvalue weighted by Crippen LogP contribution is 2.55. The first-order valence-corrected chi connectivity index (χ1v) is 27.5. The number of anilines is 1. The number of aliphatic carboxylic acids is 1. The largest absolute Gasteiger partial charge is 0.495 e. The number of carboxylic acid groups (broad SMARTS) is 1. The molecule has 0 aromatic heterocycles. The summed E-state index contributed by atoms with van der Waals surface area (Å²) in [5.41, 5.74) is 2.60. The number of benzene rings is 1. The number of likely N-dealkylation sites (N-methyl/N-ethyl adjacent to an activating group) is 2. The molecule has 3 aliphatic rings. The molecule has 3 heterocycles. The summed E-state index contributed by atoms with van der Waals surface area (Å²) in [5, 5.41) is 26.4. The van der Waals surface area contributed by atoms with Gasteiger partial charge in [-0.1, -0.05) is 42.3 Å². The Morgan fingerprint density at radius 2 is 1.46 bits per heavy atom. The topological polar surface area (TPSA) is 325 Å². The summed E-state index contributed by atoms with van der Waals surface area (Å²) in [6.07, 6.45) is 0.350. The molecular formula is C55H85ClN6O20. The van der Waals surface area contributed by atoms with Gasteiger partial charge in [0.25, 0.3) is 0 Å². The van der Waals surface area contributed by atoms with E-state index < -0.39 is 101 Å². The molecule has 2 saturated heterocycles. The number of rotatable bonds is 30. The number of aliphatic hydroxyl groups is 1. The Morgan fingerprint density at radius 1 is 0.902 bits per heavy atom. The van der Waals surface area contributed by atoms with Gasteiger partial charge >= 0.3 is 18.0 Å². The number of fused-ring (bicyclic) bond motifs is 5. The zero-order chi connectivity index (χ0) is 61.0. The molecule has 1 aromatic rings. The Balaban J connectivity index is 1.41. The average Bonchev–Trinajstić information content (AvgIpc) is 4.29. The number of hydrogen-bond acceptors (Lipinski definition) is 20. The third-order valence-electron chi connectivity index (χ3n) is 14.9. The van der Waals surface area contributed by atoms with Gasteiger partial charge in [-0.25, -0.2) is 14.4 Å². The SMILES string of the molecule is COc1cc2cc(c1Cl)N(C)C(=O)C[C@@](OC(=O)[C@H](C)N(C)C(C)=O)(C(N)C(=O)NCCOCCOCCOCCOCCOCCOCCC(=O)N(C)C(C)C(=O)O)[C@]1(C)O[C@H]1[C@H](C)[C@@H]1C[C@@](O)(NC(=O)O1)C(OC)/C=C/C=C(\C)C2. The van der Waals surface area contributed by atoms with E-state index in [1.165, 1.54) is 68.0 Å². The van der Waals surface area contributed by atoms with Crippen LogP contribution in [0.15, 0.2) is 35.9 Å². The number of epoxide rings is 1. The molecule has 82 heavy (non-hydrogen) atoms. The van der Waals surface area contributed by atoms with E-state index in [9.17, 15) is 33.9 Å². The molecule has 4 bridgehead atoms. The molecule has 0 saturated carbocycles. The number of halogens is 1. The first-order chi connectivity index (χ1) is 38.8. The Hall–Kier alpha value is -5.52. The Bertz CT molecular complexity index is 2400. The lowest BCUT2D eigenvalue weighted by molar-refractivity contribution is -0.181. The quantitative estimate of drug-likeness (QED) is 0.0416. The minimum atomic E-state index is -2.37. The minimum Gasteiger partial charge on any atom is -0.495 e. The molecule has 26 nitrogen and oxygen atoms in total. The number of carbonyl (C=O) groups is 7. The number of allylic oxidation sites excluding steroid dienone is 3. The Kier molecular flexibility index (Phi) is 27.3. The third kappa shape index (κ3) is 18.7. The summed E-state index contributed by atoms with van der Waals surface area (Å²) in [5.74, 6) is -5.07. The number of esters is 1. The molecule has 27 heteroatoms. The van der Waals surface area contributed by atoms with Crippen LogP contribution < -0.4 is 26.0 Å². The van der Waals surface area contributed by atoms with E-state index >= 15 is 4.79 Å². The smallest absolute Gasteiger partial charge is 0.409 e. The first kappa shape index (κ1) is 69.0. The molecule has 0 radical (unpaired) electrons. The van der Waals surface area contributed by atoms with Crippen molar-refractivity contribution in [2.75, 3.05) is 126 Å². The highest BCUT2D eigenvalue weighted by molar-refractivity contribution is 6.35. The molecule has 462 valence electrons. The zero-order valence-electron chi connectivity index (χ0n) is 49.0. The zero-order valence-corrected chi connectivity index (χ0v) is 49.7. The van der Waals surface area contributed by atoms with Crippen LogP contribution in [0, 0.1) is 5.92 Å². The third-order valence-corrected chi connectivity index (χ3v) is 15.2. The van der Waals surface area contributed by atoms with Crippen LogP contribution in [0.3, 0.4) is 0 Å². The van der Waals surface area contributed by atoms with Gasteiger partial charge in [0.05, 0.1) is 111 Å². The maximum Gasteiger partial charge on any atom is 0.409 e. The number of hydrogen-bond donors (Lipinski definition) is 5. The molecule has 6 N–H and O–H groups in total. The van der Waals surface area contributed by atoms with Crippen molar-refractivity contribution >= 4 is 58.9 Å². The molecule has 3 unspecified atom stereocenters. The normalized spacial score (nSPS) is 25.9. The summed E-state index contributed by atoms with van der Waals surface area (Å²) < 4.78 is 63.2. The molecular weight excluding hydrogens is 1100 g/mol. The minimum absolute atomic E-state index is 0.00386. The highest BCUT2D eigenvalue weighted by Gasteiger charge is 2.74. The van der Waals surface area contributed by atoms with Gasteiger partial charge in [-0.15, -0.1) is 0 Å². The predicted molar refractivity (Wildman–Crippen MR) is 296 cm³/mol. The first-order valence-electron chi connectivity index (χ1n) is 27.1. The molecule has 10 atom stereocenters. The molecule has 0 spiro atoms. The Labute approximate surface area is 484 Å². The number of amides is 5. The van der Waals surface area contributed by atoms with Gasteiger partial charge in [-0.3, -0.25) is 24.5 Å². The highest BCUT2D eigenvalue weighted by atomic mass is 35.5. The van der Waals surface area contributed by atoms with Crippen LogP contribution in [0.2, 0.25) is 5.02 Å². The summed E-state index contributed by atoms with van der Waals surface area (Å²) in [7, 11) is 7.08. The van der Waals surface area contributed by atoms with Crippen molar-refractivity contribution in [3.8, 4) is 5.75 Å². The van der Waals surface area contributed by atoms with Crippen molar-refractivity contribution in [2.24, 2.45) is 11.7 Å². The van der Waals surface area contributed by atoms with Crippen LogP contribution in [0.1, 0.15) is 66.4 Å². The van der Waals surface area contributed by atoms with E-state index in [0.29, 0.717) is 45.0 Å². The summed E-state index contributed by atoms with van der Waals surface area (Å²) in [6, 6.07) is -0.608. The van der Waals surface area contributed by atoms with Gasteiger partial charge < -0.3 is 88.1 Å². The van der Waals surface area contributed by atoms with Gasteiger partial charge in [0, 0.05) is 54.1 Å². The number of nitrogens with two attached hydrogens (primary N) is 1. The fraction of sp³-hybridized carbons (Fsp3) is 0.691. The second-order valence-electron chi connectivity index (χ2n) is 20.5. The number of ether oxygens (including phenoxy) is 11. The van der Waals surface area contributed by atoms with E-state index in [0.717, 1.165) is 15.4 Å². The van der Waals surface area contributed by atoms with Crippen molar-refractivity contribution in [2.45, 2.75) is 121 Å². The van der Waals surface area contributed by atoms with E-state index in [1.54, 1.807) is 37.3 Å². The average molecular weight is 1190 g/mol. The second-order valence-corrected chi connectivity index (χ2v) is 20.9. The number of carboxylic acids is 1. The molecule has 2 fully saturated rings. The van der Waals surface area contributed by atoms with Crippen LogP contribution >= 0.6 is 11.6 Å². The Morgan fingerprint density at radius 3 is 2.00 bits per heavy atom. The van der Waals surface area contributed by atoms with Crippen molar-refractivity contribution in [1.82, 2.24) is 20.4 Å². The monoisotopic (exact) mass is 1180 g/mol. The van der Waals surface area contributed by atoms with Crippen molar-refractivity contribution in [3.05, 3.63) is 46.5 Å². The van der Waals surface area contributed by atoms with E-state index in [2.05, 4.69) is 10.6 Å². The summed E-state index contributed by atoms with van der Waals surface area (Å²) in [4.78, 5) is 96.4. The van der Waals surface area contributed by atoms with E-state index in [-0.39, 0.29) is 88.0 Å². The molecule has 0 aliphatic carbocycles. The maximum absolute atomic E-state index is 15.0. The van der Waals surface area contributed by atoms with Crippen LogP contribution in [0.5, 0.6) is 5.75 Å². The van der Waals surface area contributed by atoms with Crippen LogP contribution in [-0.2, 0) is 82.6 Å². The van der Waals surface area contributed by atoms with Crippen LogP contribution in [0.25, 0.3) is 0 Å². The van der Waals surface area contributed by atoms with E-state index in [4.69, 9.17) is 74.5 Å². The van der Waals surface area contributed by atoms with E-state index in [1.807, 2.05) is 6.92 Å². The number of nitrogens with one attached hydrogen (secondary N) is 2. The van der Waals surface area contributed by atoms with Crippen molar-refractivity contribution < 1.29 is 95.9 Å². The number of alkyl carbamates (subject to hydrolysis) is 1. The molecule has 1 aromatic carbocycles. The summed E-state index contributed by atoms with van der Waals surface area (Å²) in [6.45, 7) is 12.0. The summed E-state index contributed by atoms with van der Waals surface area (Å²) >= 11 is 6.91. The van der Waals surface area contributed by atoms with Gasteiger partial charge in [0.1, 0.15) is 46.7 Å². The van der Waals surface area contributed by atoms with Crippen molar-refractivity contribution in [1.29, 1.82) is 0 Å². The fourth-order valence-corrected chi connectivity index (χ4v) is 9.63. The second kappa shape index (κ2) is 32.5. The number of nitrogens with zero attached hydrogens (tertiary/aromatic N) is 3. The molecule has 4 rings (SSSR count).